The minimum absolute atomic E-state index is 0.105. The molecule has 4 aromatic carbocycles. The van der Waals surface area contributed by atoms with Gasteiger partial charge in [-0.25, -0.2) is 0 Å². The number of carboxylic acids is 1. The van der Waals surface area contributed by atoms with Gasteiger partial charge in [0.15, 0.2) is 0 Å². The van der Waals surface area contributed by atoms with Gasteiger partial charge in [0.1, 0.15) is 67.6 Å². The maximum absolute atomic E-state index is 11.7. The van der Waals surface area contributed by atoms with Crippen LogP contribution < -0.4 is 24.3 Å². The minimum Gasteiger partial charge on any atom is -0.488 e. The van der Waals surface area contributed by atoms with Gasteiger partial charge in [0.05, 0.1) is 27.8 Å². The van der Waals surface area contributed by atoms with Gasteiger partial charge in [-0.15, -0.1) is 0 Å². The van der Waals surface area contributed by atoms with Crippen molar-refractivity contribution in [1.82, 2.24) is 15.3 Å². The number of nitrogens with one attached hydrogen (secondary N) is 1. The fourth-order valence-electron chi connectivity index (χ4n) is 6.69. The van der Waals surface area contributed by atoms with Gasteiger partial charge in [0, 0.05) is 65.7 Å². The van der Waals surface area contributed by atoms with E-state index < -0.39 is 12.0 Å². The van der Waals surface area contributed by atoms with Crippen LogP contribution >= 0.6 is 23.2 Å². The number of benzene rings is 4. The Balaban J connectivity index is 0.00000380. The molecule has 14 heteroatoms. The lowest BCUT2D eigenvalue weighted by atomic mass is 9.92. The van der Waals surface area contributed by atoms with Gasteiger partial charge >= 0.3 is 5.97 Å². The van der Waals surface area contributed by atoms with Crippen LogP contribution in [0.5, 0.6) is 23.0 Å². The highest BCUT2D eigenvalue weighted by Crippen LogP contribution is 2.37. The number of aliphatic hydroxyl groups is 1. The third-order valence-electron chi connectivity index (χ3n) is 10.2. The monoisotopic (exact) mass is 901 g/mol. The molecule has 0 amide bonds. The van der Waals surface area contributed by atoms with E-state index in [9.17, 15) is 25.5 Å². The van der Waals surface area contributed by atoms with E-state index in [0.29, 0.717) is 72.8 Å². The zero-order chi connectivity index (χ0) is 46.2. The third-order valence-corrected chi connectivity index (χ3v) is 10.8. The Kier molecular flexibility index (Phi) is 17.9. The van der Waals surface area contributed by atoms with Crippen LogP contribution in [0.2, 0.25) is 10.0 Å². The number of nitriles is 2. The highest BCUT2D eigenvalue weighted by molar-refractivity contribution is 6.32. The number of hydrogen-bond donors (Lipinski definition) is 3. The van der Waals surface area contributed by atoms with Crippen LogP contribution in [-0.2, 0) is 44.4 Å². The maximum atomic E-state index is 11.7. The number of pyridine rings is 2. The standard InChI is InChI=1S/C48H43Cl2N5O7.C2H6/c1-4-43(48(57)58)55-23-37-13-41(49)46(15-44(37)59-25-33-11-31(17-51)19-53-21-33)61-27-35-7-5-9-39(29(35)2)40-10-6-8-36(30(40)3)28-62-47-16-45(38(24-56)14-42(47)50)60-26-34-12-32(18-52)20-54-22-34;1-2/h5-16,19-22,43,55-56H,4,23-28H2,1-3H3,(H,57,58);1-2H3. The first-order valence-electron chi connectivity index (χ1n) is 20.6. The highest BCUT2D eigenvalue weighted by atomic mass is 35.5. The lowest BCUT2D eigenvalue weighted by molar-refractivity contribution is -0.139. The smallest absolute Gasteiger partial charge is 0.320 e. The second-order valence-electron chi connectivity index (χ2n) is 14.3. The molecule has 0 spiro atoms. The van der Waals surface area contributed by atoms with Gasteiger partial charge in [-0.3, -0.25) is 14.8 Å². The van der Waals surface area contributed by atoms with Crippen molar-refractivity contribution < 1.29 is 34.0 Å². The predicted molar refractivity (Wildman–Crippen MR) is 245 cm³/mol. The summed E-state index contributed by atoms with van der Waals surface area (Å²) in [6, 6.07) is 25.5. The summed E-state index contributed by atoms with van der Waals surface area (Å²) in [6.45, 7) is 10.4. The first kappa shape index (κ1) is 48.4. The Hall–Kier alpha value is -6.67. The number of carboxylic acid groups (broad SMARTS) is 1. The number of aliphatic carboxylic acids is 1. The summed E-state index contributed by atoms with van der Waals surface area (Å²) in [5, 5.41) is 41.9. The van der Waals surface area contributed by atoms with Crippen molar-refractivity contribution >= 4 is 29.2 Å². The molecule has 0 aliphatic carbocycles. The van der Waals surface area contributed by atoms with Crippen molar-refractivity contribution in [3.05, 3.63) is 163 Å². The summed E-state index contributed by atoms with van der Waals surface area (Å²) >= 11 is 13.4. The molecule has 0 saturated carbocycles. The Morgan fingerprint density at radius 3 is 1.56 bits per heavy atom. The molecule has 330 valence electrons. The molecular weight excluding hydrogens is 853 g/mol. The molecule has 0 saturated heterocycles. The molecule has 0 radical (unpaired) electrons. The van der Waals surface area contributed by atoms with Crippen molar-refractivity contribution in [2.24, 2.45) is 0 Å². The van der Waals surface area contributed by atoms with Gasteiger partial charge in [0.25, 0.3) is 0 Å². The second kappa shape index (κ2) is 23.7. The lowest BCUT2D eigenvalue weighted by Gasteiger charge is -2.19. The van der Waals surface area contributed by atoms with E-state index in [1.807, 2.05) is 52.0 Å². The van der Waals surface area contributed by atoms with E-state index in [-0.39, 0.29) is 39.6 Å². The van der Waals surface area contributed by atoms with Crippen molar-refractivity contribution in [3.8, 4) is 46.3 Å². The molecule has 0 fully saturated rings. The normalized spacial score (nSPS) is 11.0. The summed E-state index contributed by atoms with van der Waals surface area (Å²) in [6.07, 6.45) is 6.56. The lowest BCUT2D eigenvalue weighted by Crippen LogP contribution is -2.35. The summed E-state index contributed by atoms with van der Waals surface area (Å²) in [4.78, 5) is 19.9. The van der Waals surface area contributed by atoms with Crippen LogP contribution in [0.15, 0.2) is 97.6 Å². The molecule has 6 aromatic rings. The van der Waals surface area contributed by atoms with Crippen molar-refractivity contribution in [3.63, 3.8) is 0 Å². The number of aliphatic hydroxyl groups excluding tert-OH is 1. The Bertz CT molecular complexity index is 2660. The number of ether oxygens (including phenoxy) is 4. The second-order valence-corrected chi connectivity index (χ2v) is 15.2. The molecule has 1 unspecified atom stereocenters. The Morgan fingerprint density at radius 1 is 0.672 bits per heavy atom. The van der Waals surface area contributed by atoms with Gasteiger partial charge in [-0.1, -0.05) is 80.4 Å². The summed E-state index contributed by atoms with van der Waals surface area (Å²) in [5.41, 5.74) is 9.23. The Morgan fingerprint density at radius 2 is 1.12 bits per heavy atom. The van der Waals surface area contributed by atoms with Crippen LogP contribution in [0.4, 0.5) is 0 Å². The quantitative estimate of drug-likeness (QED) is 0.0701. The molecule has 12 nitrogen and oxygen atoms in total. The van der Waals surface area contributed by atoms with Gasteiger partial charge < -0.3 is 34.5 Å². The zero-order valence-corrected chi connectivity index (χ0v) is 37.8. The fourth-order valence-corrected chi connectivity index (χ4v) is 7.18. The largest absolute Gasteiger partial charge is 0.488 e. The number of carbonyl (C=O) groups is 1. The van der Waals surface area contributed by atoms with Gasteiger partial charge in [0.2, 0.25) is 0 Å². The first-order valence-corrected chi connectivity index (χ1v) is 21.4. The van der Waals surface area contributed by atoms with E-state index in [0.717, 1.165) is 33.4 Å². The highest BCUT2D eigenvalue weighted by Gasteiger charge is 2.19. The SMILES string of the molecule is CC.CCC(NCc1cc(Cl)c(OCc2cccc(-c3cccc(COc4cc(OCc5cncc(C#N)c5)c(CO)cc4Cl)c3C)c2C)cc1OCc1cncc(C#N)c1)C(=O)O. The molecule has 3 N–H and O–H groups in total. The number of halogens is 2. The molecule has 1 atom stereocenters. The molecule has 0 aliphatic heterocycles. The molecule has 2 aromatic heterocycles. The topological polar surface area (TPSA) is 180 Å². The first-order chi connectivity index (χ1) is 31.0. The van der Waals surface area contributed by atoms with Gasteiger partial charge in [-0.05, 0) is 77.9 Å². The summed E-state index contributed by atoms with van der Waals surface area (Å²) < 4.78 is 24.8. The third kappa shape index (κ3) is 12.5. The van der Waals surface area contributed by atoms with E-state index in [4.69, 9.17) is 42.1 Å². The fraction of sp³-hybridized carbons (Fsp3) is 0.260. The minimum atomic E-state index is -0.959. The van der Waals surface area contributed by atoms with E-state index in [2.05, 4.69) is 39.6 Å². The van der Waals surface area contributed by atoms with Crippen LogP contribution in [0.1, 0.15) is 82.8 Å². The van der Waals surface area contributed by atoms with Crippen LogP contribution in [0, 0.1) is 36.5 Å². The van der Waals surface area contributed by atoms with Crippen molar-refractivity contribution in [2.45, 2.75) is 86.7 Å². The van der Waals surface area contributed by atoms with Crippen LogP contribution in [0.25, 0.3) is 11.1 Å². The number of aromatic nitrogens is 2. The number of nitrogens with zero attached hydrogens (tertiary/aromatic N) is 4. The maximum Gasteiger partial charge on any atom is 0.320 e. The zero-order valence-electron chi connectivity index (χ0n) is 36.2. The van der Waals surface area contributed by atoms with Crippen molar-refractivity contribution in [1.29, 1.82) is 10.5 Å². The average molecular weight is 903 g/mol. The van der Waals surface area contributed by atoms with Crippen LogP contribution in [0.3, 0.4) is 0 Å². The number of rotatable bonds is 19. The summed E-state index contributed by atoms with van der Waals surface area (Å²) in [7, 11) is 0. The predicted octanol–water partition coefficient (Wildman–Crippen LogP) is 10.6. The molecule has 6 rings (SSSR count). The van der Waals surface area contributed by atoms with Crippen molar-refractivity contribution in [2.75, 3.05) is 0 Å². The van der Waals surface area contributed by atoms with Gasteiger partial charge in [-0.2, -0.15) is 10.5 Å². The molecular formula is C50H49Cl2N5O7. The Labute approximate surface area is 383 Å². The van der Waals surface area contributed by atoms with E-state index in [1.54, 1.807) is 55.7 Å². The van der Waals surface area contributed by atoms with E-state index >= 15 is 0 Å². The molecule has 2 heterocycles. The summed E-state index contributed by atoms with van der Waals surface area (Å²) in [5.74, 6) is 0.639. The molecule has 64 heavy (non-hydrogen) atoms. The molecule has 0 aliphatic rings. The molecule has 0 bridgehead atoms. The average Bonchev–Trinajstić information content (AvgIpc) is 3.31. The van der Waals surface area contributed by atoms with Crippen LogP contribution in [-0.4, -0.2) is 32.2 Å². The number of hydrogen-bond acceptors (Lipinski definition) is 11. The van der Waals surface area contributed by atoms with E-state index in [1.165, 1.54) is 12.4 Å².